The maximum absolute atomic E-state index is 11.8. The predicted octanol–water partition coefficient (Wildman–Crippen LogP) is 1.30. The molecule has 0 amide bonds. The summed E-state index contributed by atoms with van der Waals surface area (Å²) in [5.41, 5.74) is 5.77. The molecule has 0 aliphatic heterocycles. The molecule has 0 spiro atoms. The number of anilines is 2. The molecule has 2 rings (SSSR count). The van der Waals surface area contributed by atoms with Gasteiger partial charge in [0.15, 0.2) is 9.84 Å². The van der Waals surface area contributed by atoms with Crippen LogP contribution in [0.4, 0.5) is 10.7 Å². The third-order valence-electron chi connectivity index (χ3n) is 2.81. The summed E-state index contributed by atoms with van der Waals surface area (Å²) in [4.78, 5) is 4.18. The molecule has 0 radical (unpaired) electrons. The zero-order valence-electron chi connectivity index (χ0n) is 11.4. The highest BCUT2D eigenvalue weighted by Crippen LogP contribution is 2.38. The number of sulfone groups is 1. The molecule has 0 aromatic carbocycles. The number of nitrogens with zero attached hydrogens (tertiary/aromatic N) is 3. The maximum atomic E-state index is 11.8. The quantitative estimate of drug-likeness (QED) is 0.774. The summed E-state index contributed by atoms with van der Waals surface area (Å²) in [6.07, 6.45) is 7.16. The van der Waals surface area contributed by atoms with Gasteiger partial charge in [0.2, 0.25) is 0 Å². The van der Waals surface area contributed by atoms with Crippen molar-refractivity contribution in [2.75, 3.05) is 23.9 Å². The van der Waals surface area contributed by atoms with Crippen molar-refractivity contribution in [3.63, 3.8) is 0 Å². The zero-order valence-corrected chi connectivity index (χ0v) is 13.0. The lowest BCUT2D eigenvalue weighted by atomic mass is 10.4. The first-order chi connectivity index (χ1) is 9.93. The summed E-state index contributed by atoms with van der Waals surface area (Å²) in [6.45, 7) is 1.35. The van der Waals surface area contributed by atoms with E-state index in [9.17, 15) is 8.42 Å². The van der Waals surface area contributed by atoms with Crippen molar-refractivity contribution in [2.45, 2.75) is 17.9 Å². The normalized spacial score (nSPS) is 11.2. The zero-order chi connectivity index (χ0) is 15.5. The summed E-state index contributed by atoms with van der Waals surface area (Å²) >= 11 is 1.07. The van der Waals surface area contributed by atoms with Crippen molar-refractivity contribution in [1.29, 1.82) is 5.26 Å². The number of hydrogen-bond donors (Lipinski definition) is 2. The van der Waals surface area contributed by atoms with Gasteiger partial charge in [-0.1, -0.05) is 0 Å². The highest BCUT2D eigenvalue weighted by molar-refractivity contribution is 7.91. The maximum Gasteiger partial charge on any atom is 0.180 e. The summed E-state index contributed by atoms with van der Waals surface area (Å²) in [5.74, 6) is 0. The number of aryl methyl sites for hydroxylation is 1. The van der Waals surface area contributed by atoms with E-state index in [-0.39, 0.29) is 15.5 Å². The Balaban J connectivity index is 2.08. The highest BCUT2D eigenvalue weighted by atomic mass is 32.2. The van der Waals surface area contributed by atoms with Crippen molar-refractivity contribution < 1.29 is 8.42 Å². The largest absolute Gasteiger partial charge is 0.396 e. The Morgan fingerprint density at radius 2 is 2.33 bits per heavy atom. The van der Waals surface area contributed by atoms with Crippen molar-refractivity contribution in [1.82, 2.24) is 9.55 Å². The lowest BCUT2D eigenvalue weighted by molar-refractivity contribution is 0.602. The Morgan fingerprint density at radius 3 is 2.90 bits per heavy atom. The molecule has 3 N–H and O–H groups in total. The lowest BCUT2D eigenvalue weighted by Gasteiger charge is -2.07. The fourth-order valence-electron chi connectivity index (χ4n) is 1.88. The van der Waals surface area contributed by atoms with E-state index >= 15 is 0 Å². The number of hydrogen-bond acceptors (Lipinski definition) is 7. The van der Waals surface area contributed by atoms with Gasteiger partial charge >= 0.3 is 0 Å². The number of thiophene rings is 1. The molecule has 0 atom stereocenters. The third kappa shape index (κ3) is 3.53. The van der Waals surface area contributed by atoms with Gasteiger partial charge in [-0.25, -0.2) is 13.4 Å². The summed E-state index contributed by atoms with van der Waals surface area (Å²) in [7, 11) is -3.48. The average Bonchev–Trinajstić information content (AvgIpc) is 3.01. The van der Waals surface area contributed by atoms with Gasteiger partial charge in [0.25, 0.3) is 0 Å². The molecule has 0 fully saturated rings. The van der Waals surface area contributed by atoms with E-state index in [4.69, 9.17) is 11.0 Å². The van der Waals surface area contributed by atoms with Gasteiger partial charge in [0.05, 0.1) is 12.0 Å². The standard InChI is InChI=1S/C12H15N5O2S2/c1-21(18,19)11-10(14)9(7-13)20-12(11)16-3-2-5-17-6-4-15-8-17/h4,6,8,16H,2-3,5,14H2,1H3. The topological polar surface area (TPSA) is 114 Å². The van der Waals surface area contributed by atoms with Crippen LogP contribution in [0.3, 0.4) is 0 Å². The van der Waals surface area contributed by atoms with Gasteiger partial charge in [-0.05, 0) is 6.42 Å². The Bertz CT molecular complexity index is 756. The Morgan fingerprint density at radius 1 is 1.57 bits per heavy atom. The fourth-order valence-corrected chi connectivity index (χ4v) is 4.27. The van der Waals surface area contributed by atoms with Crippen LogP contribution in [0.25, 0.3) is 0 Å². The average molecular weight is 325 g/mol. The SMILES string of the molecule is CS(=O)(=O)c1c(NCCCn2ccnc2)sc(C#N)c1N. The van der Waals surface area contributed by atoms with Crippen LogP contribution >= 0.6 is 11.3 Å². The van der Waals surface area contributed by atoms with Crippen molar-refractivity contribution in [3.8, 4) is 6.07 Å². The minimum Gasteiger partial charge on any atom is -0.396 e. The van der Waals surface area contributed by atoms with Crippen LogP contribution in [-0.2, 0) is 16.4 Å². The van der Waals surface area contributed by atoms with Crippen molar-refractivity contribution in [3.05, 3.63) is 23.6 Å². The number of imidazole rings is 1. The van der Waals surface area contributed by atoms with E-state index in [2.05, 4.69) is 10.3 Å². The molecule has 9 heteroatoms. The number of rotatable bonds is 6. The molecule has 0 saturated carbocycles. The molecule has 0 aliphatic carbocycles. The van der Waals surface area contributed by atoms with Gasteiger partial charge < -0.3 is 15.6 Å². The summed E-state index contributed by atoms with van der Waals surface area (Å²) < 4.78 is 25.5. The van der Waals surface area contributed by atoms with Crippen LogP contribution in [0.2, 0.25) is 0 Å². The first kappa shape index (κ1) is 15.3. The molecule has 21 heavy (non-hydrogen) atoms. The Labute approximate surface area is 127 Å². The van der Waals surface area contributed by atoms with E-state index in [0.717, 1.165) is 30.6 Å². The van der Waals surface area contributed by atoms with Crippen LogP contribution < -0.4 is 11.1 Å². The monoisotopic (exact) mass is 325 g/mol. The lowest BCUT2D eigenvalue weighted by Crippen LogP contribution is -2.08. The van der Waals surface area contributed by atoms with E-state index < -0.39 is 9.84 Å². The fraction of sp³-hybridized carbons (Fsp3) is 0.333. The molecule has 2 aromatic heterocycles. The van der Waals surface area contributed by atoms with Crippen LogP contribution in [0.15, 0.2) is 23.6 Å². The van der Waals surface area contributed by atoms with Gasteiger partial charge in [-0.3, -0.25) is 0 Å². The number of nitriles is 1. The van der Waals surface area contributed by atoms with Crippen molar-refractivity contribution >= 4 is 31.9 Å². The molecular weight excluding hydrogens is 310 g/mol. The smallest absolute Gasteiger partial charge is 0.180 e. The minimum absolute atomic E-state index is 0.0201. The van der Waals surface area contributed by atoms with Crippen LogP contribution in [0, 0.1) is 11.3 Å². The first-order valence-electron chi connectivity index (χ1n) is 6.15. The number of nitrogens with one attached hydrogen (secondary N) is 1. The molecule has 112 valence electrons. The number of nitrogens with two attached hydrogens (primary N) is 1. The van der Waals surface area contributed by atoms with Crippen LogP contribution in [0.5, 0.6) is 0 Å². The van der Waals surface area contributed by atoms with Gasteiger partial charge in [-0.15, -0.1) is 11.3 Å². The van der Waals surface area contributed by atoms with Crippen LogP contribution in [-0.4, -0.2) is 30.8 Å². The van der Waals surface area contributed by atoms with E-state index in [1.165, 1.54) is 0 Å². The minimum atomic E-state index is -3.48. The van der Waals surface area contributed by atoms with Gasteiger partial charge in [-0.2, -0.15) is 5.26 Å². The summed E-state index contributed by atoms with van der Waals surface area (Å²) in [6, 6.07) is 1.92. The van der Waals surface area contributed by atoms with E-state index in [1.807, 2.05) is 16.8 Å². The molecular formula is C12H15N5O2S2. The van der Waals surface area contributed by atoms with E-state index in [0.29, 0.717) is 11.5 Å². The van der Waals surface area contributed by atoms with Crippen molar-refractivity contribution in [2.24, 2.45) is 0 Å². The van der Waals surface area contributed by atoms with Gasteiger partial charge in [0.1, 0.15) is 20.8 Å². The summed E-state index contributed by atoms with van der Waals surface area (Å²) in [5, 5.41) is 12.4. The molecule has 0 saturated heterocycles. The molecule has 0 bridgehead atoms. The highest BCUT2D eigenvalue weighted by Gasteiger charge is 2.23. The Kier molecular flexibility index (Phi) is 4.50. The second-order valence-electron chi connectivity index (χ2n) is 4.47. The number of nitrogen functional groups attached to an aromatic ring is 1. The second kappa shape index (κ2) is 6.15. The van der Waals surface area contributed by atoms with Gasteiger partial charge in [0, 0.05) is 31.7 Å². The first-order valence-corrected chi connectivity index (χ1v) is 8.86. The molecule has 0 unspecified atom stereocenters. The molecule has 2 heterocycles. The second-order valence-corrected chi connectivity index (χ2v) is 7.44. The Hall–Kier alpha value is -2.05. The molecule has 2 aromatic rings. The predicted molar refractivity (Wildman–Crippen MR) is 81.9 cm³/mol. The van der Waals surface area contributed by atoms with E-state index in [1.54, 1.807) is 12.5 Å². The molecule has 7 nitrogen and oxygen atoms in total. The third-order valence-corrected chi connectivity index (χ3v) is 5.17. The number of aromatic nitrogens is 2. The molecule has 0 aliphatic rings. The van der Waals surface area contributed by atoms with Crippen LogP contribution in [0.1, 0.15) is 11.3 Å².